The number of nitrogens with one attached hydrogen (secondary N) is 1. The second-order valence-corrected chi connectivity index (χ2v) is 4.59. The molecule has 114 valence electrons. The lowest BCUT2D eigenvalue weighted by atomic mass is 10.2. The highest BCUT2D eigenvalue weighted by Gasteiger charge is 2.13. The minimum absolute atomic E-state index is 0.255. The molecule has 0 aromatic carbocycles. The van der Waals surface area contributed by atoms with Gasteiger partial charge in [-0.3, -0.25) is 5.43 Å². The van der Waals surface area contributed by atoms with Gasteiger partial charge in [0.25, 0.3) is 0 Å². The molecule has 0 amide bonds. The van der Waals surface area contributed by atoms with Gasteiger partial charge < -0.3 is 14.1 Å². The smallest absolute Gasteiger partial charge is 0.323 e. The number of nitrogen functional groups attached to an aromatic ring is 1. The maximum absolute atomic E-state index is 5.44. The van der Waals surface area contributed by atoms with Crippen molar-refractivity contribution < 1.29 is 9.15 Å². The topological polar surface area (TPSA) is 102 Å². The van der Waals surface area contributed by atoms with E-state index in [1.54, 1.807) is 6.26 Å². The van der Waals surface area contributed by atoms with E-state index in [1.165, 1.54) is 0 Å². The van der Waals surface area contributed by atoms with E-state index >= 15 is 0 Å². The first-order valence-corrected chi connectivity index (χ1v) is 6.73. The third-order valence-corrected chi connectivity index (χ3v) is 2.88. The van der Waals surface area contributed by atoms with Crippen LogP contribution in [0.5, 0.6) is 6.01 Å². The summed E-state index contributed by atoms with van der Waals surface area (Å²) in [5.41, 5.74) is 3.49. The minimum Gasteiger partial charge on any atom is -0.469 e. The molecule has 0 bridgehead atoms. The normalized spacial score (nSPS) is 10.5. The molecule has 3 N–H and O–H groups in total. The molecule has 8 heteroatoms. The summed E-state index contributed by atoms with van der Waals surface area (Å²) in [5.74, 6) is 7.00. The van der Waals surface area contributed by atoms with Crippen molar-refractivity contribution in [3.63, 3.8) is 0 Å². The number of ether oxygens (including phenoxy) is 1. The van der Waals surface area contributed by atoms with Crippen molar-refractivity contribution in [2.24, 2.45) is 5.84 Å². The Labute approximate surface area is 123 Å². The summed E-state index contributed by atoms with van der Waals surface area (Å²) in [6.07, 6.45) is 2.53. The van der Waals surface area contributed by atoms with Gasteiger partial charge in [-0.2, -0.15) is 15.0 Å². The summed E-state index contributed by atoms with van der Waals surface area (Å²) in [6.45, 7) is 5.08. The average molecular weight is 292 g/mol. The molecule has 2 aromatic rings. The lowest BCUT2D eigenvalue weighted by molar-refractivity contribution is 0.292. The van der Waals surface area contributed by atoms with Crippen LogP contribution in [-0.2, 0) is 6.54 Å². The number of nitrogens with zero attached hydrogens (tertiary/aromatic N) is 4. The monoisotopic (exact) mass is 292 g/mol. The Hall–Kier alpha value is -2.35. The predicted octanol–water partition coefficient (Wildman–Crippen LogP) is 1.48. The zero-order valence-corrected chi connectivity index (χ0v) is 12.5. The third kappa shape index (κ3) is 3.82. The molecule has 2 rings (SSSR count). The molecule has 2 aromatic heterocycles. The highest BCUT2D eigenvalue weighted by atomic mass is 16.5. The van der Waals surface area contributed by atoms with E-state index in [9.17, 15) is 0 Å². The summed E-state index contributed by atoms with van der Waals surface area (Å²) >= 11 is 0. The average Bonchev–Trinajstić information content (AvgIpc) is 2.90. The van der Waals surface area contributed by atoms with E-state index in [1.807, 2.05) is 31.9 Å². The van der Waals surface area contributed by atoms with Crippen LogP contribution < -0.4 is 20.9 Å². The van der Waals surface area contributed by atoms with Gasteiger partial charge in [-0.15, -0.1) is 0 Å². The second kappa shape index (κ2) is 6.89. The fraction of sp³-hybridized carbons (Fsp3) is 0.462. The number of aryl methyl sites for hydroxylation is 1. The van der Waals surface area contributed by atoms with Crippen molar-refractivity contribution in [3.8, 4) is 6.01 Å². The van der Waals surface area contributed by atoms with E-state index in [4.69, 9.17) is 15.0 Å². The predicted molar refractivity (Wildman–Crippen MR) is 79.0 cm³/mol. The number of nitrogens with two attached hydrogens (primary N) is 1. The Bertz CT molecular complexity index is 586. The molecule has 0 radical (unpaired) electrons. The molecule has 0 unspecified atom stereocenters. The van der Waals surface area contributed by atoms with E-state index in [0.29, 0.717) is 19.1 Å². The van der Waals surface area contributed by atoms with Crippen LogP contribution in [0.15, 0.2) is 16.7 Å². The molecule has 8 nitrogen and oxygen atoms in total. The van der Waals surface area contributed by atoms with Crippen molar-refractivity contribution >= 4 is 11.9 Å². The Kier molecular flexibility index (Phi) is 4.94. The standard InChI is InChI=1S/C13H20N6O2/c1-4-6-21-13-16-11(18-14)15-12(17-13)19(3)8-10-5-7-20-9(10)2/h5,7H,4,6,8,14H2,1-3H3,(H,15,16,17,18). The molecule has 0 aliphatic rings. The number of hydrogen-bond donors (Lipinski definition) is 2. The van der Waals surface area contributed by atoms with Gasteiger partial charge in [0.05, 0.1) is 12.9 Å². The molecule has 0 spiro atoms. The van der Waals surface area contributed by atoms with Crippen LogP contribution >= 0.6 is 0 Å². The van der Waals surface area contributed by atoms with Crippen molar-refractivity contribution in [2.75, 3.05) is 24.0 Å². The van der Waals surface area contributed by atoms with Crippen LogP contribution in [0.3, 0.4) is 0 Å². The first kappa shape index (κ1) is 15.0. The number of aromatic nitrogens is 3. The van der Waals surface area contributed by atoms with Crippen LogP contribution in [0, 0.1) is 6.92 Å². The lowest BCUT2D eigenvalue weighted by Crippen LogP contribution is -2.22. The van der Waals surface area contributed by atoms with E-state index in [0.717, 1.165) is 17.7 Å². The van der Waals surface area contributed by atoms with Gasteiger partial charge in [0.2, 0.25) is 11.9 Å². The van der Waals surface area contributed by atoms with Crippen molar-refractivity contribution in [3.05, 3.63) is 23.7 Å². The third-order valence-electron chi connectivity index (χ3n) is 2.88. The molecule has 0 saturated carbocycles. The van der Waals surface area contributed by atoms with Gasteiger partial charge >= 0.3 is 6.01 Å². The SMILES string of the molecule is CCCOc1nc(NN)nc(N(C)Cc2ccoc2C)n1. The van der Waals surface area contributed by atoms with Gasteiger partial charge in [-0.05, 0) is 19.4 Å². The summed E-state index contributed by atoms with van der Waals surface area (Å²) in [7, 11) is 1.88. The van der Waals surface area contributed by atoms with Crippen LogP contribution in [0.1, 0.15) is 24.7 Å². The fourth-order valence-electron chi connectivity index (χ4n) is 1.74. The first-order chi connectivity index (χ1) is 10.1. The Balaban J connectivity index is 2.18. The van der Waals surface area contributed by atoms with Gasteiger partial charge in [0.15, 0.2) is 0 Å². The number of anilines is 2. The van der Waals surface area contributed by atoms with Gasteiger partial charge in [-0.1, -0.05) is 6.92 Å². The quantitative estimate of drug-likeness (QED) is 0.584. The first-order valence-electron chi connectivity index (χ1n) is 6.73. The van der Waals surface area contributed by atoms with E-state index in [-0.39, 0.29) is 12.0 Å². The molecular weight excluding hydrogens is 272 g/mol. The maximum atomic E-state index is 5.44. The fourth-order valence-corrected chi connectivity index (χ4v) is 1.74. The maximum Gasteiger partial charge on any atom is 0.323 e. The second-order valence-electron chi connectivity index (χ2n) is 4.59. The summed E-state index contributed by atoms with van der Waals surface area (Å²) in [5, 5.41) is 0. The van der Waals surface area contributed by atoms with Gasteiger partial charge in [0.1, 0.15) is 5.76 Å². The number of hydrogen-bond acceptors (Lipinski definition) is 8. The molecule has 0 saturated heterocycles. The molecular formula is C13H20N6O2. The van der Waals surface area contributed by atoms with Crippen LogP contribution in [0.25, 0.3) is 0 Å². The molecule has 2 heterocycles. The number of hydrazine groups is 1. The molecule has 0 fully saturated rings. The highest BCUT2D eigenvalue weighted by molar-refractivity contribution is 5.38. The summed E-state index contributed by atoms with van der Waals surface area (Å²) < 4.78 is 10.7. The lowest BCUT2D eigenvalue weighted by Gasteiger charge is -2.17. The molecule has 21 heavy (non-hydrogen) atoms. The zero-order valence-electron chi connectivity index (χ0n) is 12.5. The highest BCUT2D eigenvalue weighted by Crippen LogP contribution is 2.17. The van der Waals surface area contributed by atoms with Gasteiger partial charge in [-0.25, -0.2) is 5.84 Å². The summed E-state index contributed by atoms with van der Waals surface area (Å²) in [4.78, 5) is 14.4. The van der Waals surface area contributed by atoms with E-state index in [2.05, 4.69) is 20.4 Å². The zero-order chi connectivity index (χ0) is 15.2. The molecule has 0 atom stereocenters. The van der Waals surface area contributed by atoms with Crippen molar-refractivity contribution in [2.45, 2.75) is 26.8 Å². The van der Waals surface area contributed by atoms with E-state index < -0.39 is 0 Å². The molecule has 0 aliphatic heterocycles. The Morgan fingerprint density at radius 3 is 2.81 bits per heavy atom. The molecule has 0 aliphatic carbocycles. The van der Waals surface area contributed by atoms with Crippen molar-refractivity contribution in [1.82, 2.24) is 15.0 Å². The Morgan fingerprint density at radius 2 is 2.19 bits per heavy atom. The largest absolute Gasteiger partial charge is 0.469 e. The van der Waals surface area contributed by atoms with Crippen molar-refractivity contribution in [1.29, 1.82) is 0 Å². The van der Waals surface area contributed by atoms with Gasteiger partial charge in [0, 0.05) is 19.2 Å². The van der Waals surface area contributed by atoms with Crippen LogP contribution in [0.4, 0.5) is 11.9 Å². The van der Waals surface area contributed by atoms with Crippen LogP contribution in [-0.4, -0.2) is 28.6 Å². The number of furan rings is 1. The van der Waals surface area contributed by atoms with Crippen LogP contribution in [0.2, 0.25) is 0 Å². The number of rotatable bonds is 7. The summed E-state index contributed by atoms with van der Waals surface area (Å²) in [6, 6.07) is 2.18. The minimum atomic E-state index is 0.255. The Morgan fingerprint density at radius 1 is 1.38 bits per heavy atom.